The zero-order valence-corrected chi connectivity index (χ0v) is 23.0. The summed E-state index contributed by atoms with van der Waals surface area (Å²) in [6.45, 7) is 7.24. The molecule has 39 heavy (non-hydrogen) atoms. The minimum Gasteiger partial charge on any atom is -0.462 e. The number of hydrogen-bond donors (Lipinski definition) is 0. The first-order chi connectivity index (χ1) is 18.6. The molecule has 0 aliphatic heterocycles. The number of carbonyl (C=O) groups is 3. The van der Waals surface area contributed by atoms with Crippen molar-refractivity contribution in [3.63, 3.8) is 0 Å². The van der Waals surface area contributed by atoms with Crippen molar-refractivity contribution in [1.29, 1.82) is 0 Å². The highest BCUT2D eigenvalue weighted by Crippen LogP contribution is 2.41. The number of ether oxygens (including phenoxy) is 4. The molecule has 7 nitrogen and oxygen atoms in total. The maximum atomic E-state index is 12.2. The van der Waals surface area contributed by atoms with E-state index in [4.69, 9.17) is 18.9 Å². The van der Waals surface area contributed by atoms with E-state index in [1.807, 2.05) is 91.0 Å². The van der Waals surface area contributed by atoms with Gasteiger partial charge in [-0.1, -0.05) is 97.9 Å². The molecule has 0 spiro atoms. The summed E-state index contributed by atoms with van der Waals surface area (Å²) in [5, 5.41) is 0. The molecule has 0 fully saturated rings. The molecular formula is C32H36O7. The zero-order chi connectivity index (χ0) is 28.4. The van der Waals surface area contributed by atoms with Gasteiger partial charge in [0.1, 0.15) is 17.8 Å². The SMILES string of the molecule is CC(=O)OC(C)C(C)C(OC(C)=O)C(COC(c1ccccc1)(c1ccccc1)c1ccccc1)OC(C)=O. The van der Waals surface area contributed by atoms with Crippen LogP contribution >= 0.6 is 0 Å². The van der Waals surface area contributed by atoms with E-state index in [0.717, 1.165) is 16.7 Å². The molecule has 0 radical (unpaired) electrons. The number of esters is 3. The van der Waals surface area contributed by atoms with Gasteiger partial charge in [0, 0.05) is 26.7 Å². The maximum Gasteiger partial charge on any atom is 0.303 e. The van der Waals surface area contributed by atoms with Gasteiger partial charge in [-0.3, -0.25) is 14.4 Å². The second kappa shape index (κ2) is 13.7. The van der Waals surface area contributed by atoms with Crippen LogP contribution in [0.2, 0.25) is 0 Å². The highest BCUT2D eigenvalue weighted by molar-refractivity contribution is 5.67. The summed E-state index contributed by atoms with van der Waals surface area (Å²) in [5.74, 6) is -2.09. The first-order valence-electron chi connectivity index (χ1n) is 13.0. The third kappa shape index (κ3) is 7.54. The van der Waals surface area contributed by atoms with Crippen molar-refractivity contribution in [3.8, 4) is 0 Å². The molecular weight excluding hydrogens is 496 g/mol. The third-order valence-electron chi connectivity index (χ3n) is 6.60. The summed E-state index contributed by atoms with van der Waals surface area (Å²) in [6, 6.07) is 29.3. The summed E-state index contributed by atoms with van der Waals surface area (Å²) in [6.07, 6.45) is -2.55. The Morgan fingerprint density at radius 2 is 1.00 bits per heavy atom. The van der Waals surface area contributed by atoms with E-state index < -0.39 is 47.7 Å². The molecule has 0 amide bonds. The van der Waals surface area contributed by atoms with Crippen LogP contribution in [0.25, 0.3) is 0 Å². The van der Waals surface area contributed by atoms with Gasteiger partial charge in [-0.25, -0.2) is 0 Å². The van der Waals surface area contributed by atoms with Crippen molar-refractivity contribution in [2.75, 3.05) is 6.61 Å². The highest BCUT2D eigenvalue weighted by atomic mass is 16.6. The topological polar surface area (TPSA) is 88.1 Å². The fourth-order valence-corrected chi connectivity index (χ4v) is 4.73. The van der Waals surface area contributed by atoms with Gasteiger partial charge in [0.15, 0.2) is 6.10 Å². The molecule has 0 bridgehead atoms. The third-order valence-corrected chi connectivity index (χ3v) is 6.60. The minimum absolute atomic E-state index is 0.118. The standard InChI is InChI=1S/C32H36O7/c1-22(23(2)37-24(3)33)31(39-26(5)35)30(38-25(4)34)21-36-32(27-15-9-6-10-16-27,28-17-11-7-12-18-28)29-19-13-8-14-20-29/h6-20,22-23,30-31H,21H2,1-5H3. The second-order valence-corrected chi connectivity index (χ2v) is 9.49. The van der Waals surface area contributed by atoms with Gasteiger partial charge >= 0.3 is 17.9 Å². The van der Waals surface area contributed by atoms with E-state index in [0.29, 0.717) is 0 Å². The molecule has 0 heterocycles. The van der Waals surface area contributed by atoms with Crippen molar-refractivity contribution < 1.29 is 33.3 Å². The Labute approximate surface area is 230 Å². The van der Waals surface area contributed by atoms with E-state index in [9.17, 15) is 14.4 Å². The lowest BCUT2D eigenvalue weighted by Crippen LogP contribution is -2.47. The van der Waals surface area contributed by atoms with Gasteiger partial charge < -0.3 is 18.9 Å². The Bertz CT molecular complexity index is 1110. The molecule has 3 rings (SSSR count). The summed E-state index contributed by atoms with van der Waals surface area (Å²) >= 11 is 0. The summed E-state index contributed by atoms with van der Waals surface area (Å²) in [5.41, 5.74) is 1.53. The molecule has 0 saturated carbocycles. The van der Waals surface area contributed by atoms with Crippen molar-refractivity contribution in [3.05, 3.63) is 108 Å². The summed E-state index contributed by atoms with van der Waals surface area (Å²) < 4.78 is 23.6. The summed E-state index contributed by atoms with van der Waals surface area (Å²) in [4.78, 5) is 36.0. The van der Waals surface area contributed by atoms with Crippen LogP contribution < -0.4 is 0 Å². The number of rotatable bonds is 12. The van der Waals surface area contributed by atoms with E-state index in [-0.39, 0.29) is 6.61 Å². The lowest BCUT2D eigenvalue weighted by molar-refractivity contribution is -0.184. The molecule has 3 aromatic carbocycles. The van der Waals surface area contributed by atoms with Gasteiger partial charge in [0.05, 0.1) is 6.61 Å². The van der Waals surface area contributed by atoms with Crippen LogP contribution in [0, 0.1) is 5.92 Å². The van der Waals surface area contributed by atoms with E-state index in [2.05, 4.69) is 0 Å². The Morgan fingerprint density at radius 1 is 0.615 bits per heavy atom. The van der Waals surface area contributed by atoms with Gasteiger partial charge in [-0.05, 0) is 23.6 Å². The van der Waals surface area contributed by atoms with Crippen LogP contribution in [0.4, 0.5) is 0 Å². The Kier molecular flexibility index (Phi) is 10.4. The van der Waals surface area contributed by atoms with Crippen LogP contribution in [0.1, 0.15) is 51.3 Å². The quantitative estimate of drug-likeness (QED) is 0.174. The maximum absolute atomic E-state index is 12.2. The Hall–Kier alpha value is -3.97. The predicted octanol–water partition coefficient (Wildman–Crippen LogP) is 5.45. The van der Waals surface area contributed by atoms with Crippen molar-refractivity contribution >= 4 is 17.9 Å². The second-order valence-electron chi connectivity index (χ2n) is 9.49. The average Bonchev–Trinajstić information content (AvgIpc) is 2.92. The molecule has 4 atom stereocenters. The van der Waals surface area contributed by atoms with Gasteiger partial charge in [-0.2, -0.15) is 0 Å². The van der Waals surface area contributed by atoms with E-state index in [1.54, 1.807) is 13.8 Å². The number of carbonyl (C=O) groups excluding carboxylic acids is 3. The number of hydrogen-bond acceptors (Lipinski definition) is 7. The van der Waals surface area contributed by atoms with Crippen LogP contribution in [0.3, 0.4) is 0 Å². The monoisotopic (exact) mass is 532 g/mol. The molecule has 0 saturated heterocycles. The van der Waals surface area contributed by atoms with Crippen molar-refractivity contribution in [2.24, 2.45) is 5.92 Å². The van der Waals surface area contributed by atoms with Crippen LogP contribution in [0.15, 0.2) is 91.0 Å². The first-order valence-corrected chi connectivity index (χ1v) is 13.0. The fraction of sp³-hybridized carbons (Fsp3) is 0.344. The van der Waals surface area contributed by atoms with Crippen molar-refractivity contribution in [1.82, 2.24) is 0 Å². The highest BCUT2D eigenvalue weighted by Gasteiger charge is 2.42. The molecule has 4 unspecified atom stereocenters. The molecule has 0 N–H and O–H groups in total. The van der Waals surface area contributed by atoms with E-state index >= 15 is 0 Å². The molecule has 0 aromatic heterocycles. The van der Waals surface area contributed by atoms with Crippen LogP contribution in [-0.4, -0.2) is 42.8 Å². The fourth-order valence-electron chi connectivity index (χ4n) is 4.73. The number of benzene rings is 3. The molecule has 7 heteroatoms. The zero-order valence-electron chi connectivity index (χ0n) is 23.0. The summed E-state index contributed by atoms with van der Waals surface area (Å²) in [7, 11) is 0. The lowest BCUT2D eigenvalue weighted by Gasteiger charge is -2.39. The van der Waals surface area contributed by atoms with Gasteiger partial charge in [-0.15, -0.1) is 0 Å². The van der Waals surface area contributed by atoms with Crippen LogP contribution in [0.5, 0.6) is 0 Å². The average molecular weight is 533 g/mol. The van der Waals surface area contributed by atoms with Crippen LogP contribution in [-0.2, 0) is 38.9 Å². The van der Waals surface area contributed by atoms with E-state index in [1.165, 1.54) is 20.8 Å². The molecule has 0 aliphatic rings. The van der Waals surface area contributed by atoms with Gasteiger partial charge in [0.25, 0.3) is 0 Å². The normalized spacial score (nSPS) is 14.4. The molecule has 0 aliphatic carbocycles. The molecule has 206 valence electrons. The first kappa shape index (κ1) is 29.6. The predicted molar refractivity (Wildman–Crippen MR) is 147 cm³/mol. The minimum atomic E-state index is -1.08. The Balaban J connectivity index is 2.12. The molecule has 3 aromatic rings. The van der Waals surface area contributed by atoms with Crippen molar-refractivity contribution in [2.45, 2.75) is 58.5 Å². The lowest BCUT2D eigenvalue weighted by atomic mass is 9.80. The largest absolute Gasteiger partial charge is 0.462 e. The Morgan fingerprint density at radius 3 is 1.36 bits per heavy atom. The smallest absolute Gasteiger partial charge is 0.303 e. The van der Waals surface area contributed by atoms with Gasteiger partial charge in [0.2, 0.25) is 0 Å².